The number of ether oxygens (including phenoxy) is 6. The fourth-order valence-corrected chi connectivity index (χ4v) is 17.1. The first-order valence-corrected chi connectivity index (χ1v) is 55.3. The van der Waals surface area contributed by atoms with Crippen LogP contribution in [0.25, 0.3) is 0 Å². The van der Waals surface area contributed by atoms with Gasteiger partial charge in [0.05, 0.1) is 97.0 Å². The van der Waals surface area contributed by atoms with Crippen molar-refractivity contribution in [3.63, 3.8) is 0 Å². The summed E-state index contributed by atoms with van der Waals surface area (Å²) in [5, 5.41) is 18.3. The largest absolute Gasteiger partial charge is 0.481 e. The fraction of sp³-hybridized carbons (Fsp3) is 0.500. The van der Waals surface area contributed by atoms with Crippen LogP contribution in [0.2, 0.25) is 36.3 Å². The number of carboxylic acids is 1. The Morgan fingerprint density at radius 3 is 1.11 bits per heavy atom. The molecule has 0 radical (unpaired) electrons. The molecule has 33 heteroatoms. The number of aryl methyl sites for hydroxylation is 1. The molecule has 8 unspecified atom stereocenters. The number of rotatable bonds is 33. The summed E-state index contributed by atoms with van der Waals surface area (Å²) >= 11 is 26.7. The highest BCUT2D eigenvalue weighted by atomic mass is 79.9. The van der Waals surface area contributed by atoms with E-state index in [-0.39, 0.29) is 149 Å². The number of pyridine rings is 8. The quantitative estimate of drug-likeness (QED) is 0.00964. The van der Waals surface area contributed by atoms with Crippen LogP contribution in [0, 0.1) is 6.92 Å². The lowest BCUT2D eigenvalue weighted by atomic mass is 9.94. The Labute approximate surface area is 904 Å². The van der Waals surface area contributed by atoms with Crippen molar-refractivity contribution in [2.24, 2.45) is 0 Å². The molecule has 8 aromatic rings. The number of halogens is 8. The molecule has 2 saturated heterocycles. The second-order valence-corrected chi connectivity index (χ2v) is 49.7. The van der Waals surface area contributed by atoms with Gasteiger partial charge in [-0.1, -0.05) is 174 Å². The number of hydrogen-bond acceptors (Lipinski definition) is 22. The van der Waals surface area contributed by atoms with Gasteiger partial charge in [0.25, 0.3) is 0 Å². The standard InChI is InChI=1S/C19H30BrNO3Si.C17H28BrNOSi.C13H16BrNO3.C12H14BrNO3.C12H14BrNO2.C11H14BrNO.C8H8BrNO2.C6H6BrN.8CH4/c1-19(2,3)25(5,6)24-14-15(10-7-8-13-18(22)23-4)16-11-9-12-17(20)21-16;1-7-8-10-14(15-11-9-12-16(18)19-15)13-20-21(5,6)17(2,3)4;1-17-13(16)7-10-6-5-9(8-18-10)11-3-2-4-12(14)15-11;13-11-3-1-2-10(14-11)8-4-5-9(17-7-8)6-12(15)16;1-3-4-6-9(12(15)16-2)10-7-5-8-11(13)14-10;1-2-3-5-9(8-14)10-6-4-7-11(12)13-10;1-12-8(11)5-6-3-2-4-7(9)10-6;1-5-3-2-4-6(7)8-5;;;;;;;;/h8-9,11-13,15H,7,10,14H2,1-6H3;7,9,11-12,14H,1,8,10,13H2,2-6H3;2-4,9-10H,5-8H2,1H3;1-3,8-9H,4-7H2,(H,15,16);3,5,7-9H,1,4,6H2,2H3;2,4,6-7,9,14H,1,3,5,8H2;2-4H,5H2,1H3;2-4H,1H3;8*1H4/b13-8+;;;;;;;;;;;;;;;. The number of allylic oxidation sites excluding steroid dienone is 4. The second kappa shape index (κ2) is 78.0. The van der Waals surface area contributed by atoms with E-state index in [1.165, 1.54) is 34.5 Å². The first-order chi connectivity index (χ1) is 62.0. The normalized spacial score (nSPS) is 14.6. The molecule has 0 amide bonds. The van der Waals surface area contributed by atoms with Crippen LogP contribution in [0.4, 0.5) is 0 Å². The van der Waals surface area contributed by atoms with Gasteiger partial charge in [-0.05, 0) is 345 Å². The van der Waals surface area contributed by atoms with Crippen LogP contribution in [0.1, 0.15) is 272 Å². The van der Waals surface area contributed by atoms with E-state index in [4.69, 9.17) is 28.2 Å². The van der Waals surface area contributed by atoms with Crippen molar-refractivity contribution in [3.8, 4) is 0 Å². The average molecular weight is 2480 g/mol. The number of carbonyl (C=O) groups excluding carboxylic acids is 4. The minimum absolute atomic E-state index is 0. The Morgan fingerprint density at radius 1 is 0.432 bits per heavy atom. The lowest BCUT2D eigenvalue weighted by Crippen LogP contribution is -2.41. The van der Waals surface area contributed by atoms with Gasteiger partial charge in [-0.2, -0.15) is 0 Å². The summed E-state index contributed by atoms with van der Waals surface area (Å²) in [4.78, 5) is 90.2. The van der Waals surface area contributed by atoms with Crippen molar-refractivity contribution in [1.82, 2.24) is 39.9 Å². The summed E-state index contributed by atoms with van der Waals surface area (Å²) in [7, 11) is 2.00. The Balaban J connectivity index is -0.000000366. The molecule has 8 atom stereocenters. The van der Waals surface area contributed by atoms with Crippen molar-refractivity contribution >= 4 is 174 Å². The second-order valence-electron chi connectivity index (χ2n) is 33.5. The van der Waals surface area contributed by atoms with Crippen LogP contribution in [-0.2, 0) is 67.7 Å². The summed E-state index contributed by atoms with van der Waals surface area (Å²) < 4.78 is 49.2. The van der Waals surface area contributed by atoms with Crippen molar-refractivity contribution in [2.75, 3.05) is 61.5 Å². The predicted molar refractivity (Wildman–Crippen MR) is 607 cm³/mol. The summed E-state index contributed by atoms with van der Waals surface area (Å²) in [5.41, 5.74) is 7.57. The molecule has 2 aliphatic heterocycles. The number of hydrogen-bond donors (Lipinski definition) is 2. The van der Waals surface area contributed by atoms with Gasteiger partial charge in [-0.25, -0.2) is 44.7 Å². The number of methoxy groups -OCH3 is 4. The number of aliphatic hydroxyl groups excluding tert-OH is 1. The Hall–Kier alpha value is -6.42. The molecule has 0 aromatic carbocycles. The molecular weight excluding hydrogens is 2320 g/mol. The molecule has 0 aliphatic carbocycles. The van der Waals surface area contributed by atoms with Gasteiger partial charge in [-0.3, -0.25) is 19.2 Å². The van der Waals surface area contributed by atoms with Gasteiger partial charge in [0.1, 0.15) is 36.8 Å². The van der Waals surface area contributed by atoms with E-state index in [1.54, 1.807) is 18.2 Å². The molecule has 2 fully saturated rings. The van der Waals surface area contributed by atoms with Gasteiger partial charge in [0, 0.05) is 83.0 Å². The van der Waals surface area contributed by atoms with Crippen molar-refractivity contribution in [3.05, 3.63) is 278 Å². The van der Waals surface area contributed by atoms with Gasteiger partial charge >= 0.3 is 29.8 Å². The lowest BCUT2D eigenvalue weighted by molar-refractivity contribution is -0.145. The van der Waals surface area contributed by atoms with Crippen LogP contribution >= 0.6 is 127 Å². The van der Waals surface area contributed by atoms with Gasteiger partial charge in [0.2, 0.25) is 0 Å². The average Bonchev–Trinajstić information content (AvgIpc) is 0.831. The van der Waals surface area contributed by atoms with Gasteiger partial charge in [-0.15, -0.1) is 19.7 Å². The SMILES string of the molecule is C.C.C.C.C.C.C.C.C=CCCC(C(=O)OC)c1cccc(Br)n1.C=CCCC(CO)c1cccc(Br)n1.C=CCCC(CO[Si](C)(C)C(C)(C)C)c1cccc(Br)n1.COC(=O)/C=C/CCC(CO[Si](C)(C)C(C)(C)C)c1cccc(Br)n1.COC(=O)CC1CCC(c2cccc(Br)n2)CO1.COC(=O)Cc1cccc(Br)n1.Cc1cccc(Br)n1.O=C(O)CC1CCC(c2cccc(Br)n2)CO1. The van der Waals surface area contributed by atoms with Crippen LogP contribution in [0.15, 0.2) is 233 Å². The third kappa shape index (κ3) is 59.6. The minimum atomic E-state index is -1.82. The molecule has 0 spiro atoms. The maximum absolute atomic E-state index is 11.6. The number of aromatic nitrogens is 8. The molecule has 780 valence electrons. The minimum Gasteiger partial charge on any atom is -0.481 e. The smallest absolute Gasteiger partial charge is 0.330 e. The maximum Gasteiger partial charge on any atom is 0.330 e. The van der Waals surface area contributed by atoms with Gasteiger partial charge < -0.3 is 47.5 Å². The number of aliphatic carboxylic acids is 1. The Kier molecular flexibility index (Phi) is 80.4. The Bertz CT molecular complexity index is 4770. The molecule has 23 nitrogen and oxygen atoms in total. The van der Waals surface area contributed by atoms with Crippen LogP contribution in [-0.4, -0.2) is 170 Å². The van der Waals surface area contributed by atoms with E-state index in [0.717, 1.165) is 154 Å². The zero-order chi connectivity index (χ0) is 97.7. The van der Waals surface area contributed by atoms with Gasteiger partial charge in [0.15, 0.2) is 16.6 Å². The molecule has 2 aliphatic rings. The van der Waals surface area contributed by atoms with Crippen LogP contribution < -0.4 is 0 Å². The first-order valence-electron chi connectivity index (χ1n) is 43.1. The number of carbonyl (C=O) groups is 5. The highest BCUT2D eigenvalue weighted by molar-refractivity contribution is 9.11. The first kappa shape index (κ1) is 143. The third-order valence-corrected chi connectivity index (χ3v) is 34.2. The topological polar surface area (TPSA) is 303 Å². The lowest BCUT2D eigenvalue weighted by Gasteiger charge is -2.37. The van der Waals surface area contributed by atoms with E-state index >= 15 is 0 Å². The van der Waals surface area contributed by atoms with Crippen LogP contribution in [0.3, 0.4) is 0 Å². The maximum atomic E-state index is 11.6. The van der Waals surface area contributed by atoms with E-state index < -0.39 is 22.6 Å². The highest BCUT2D eigenvalue weighted by Gasteiger charge is 2.39. The Morgan fingerprint density at radius 2 is 0.777 bits per heavy atom. The molecule has 0 bridgehead atoms. The number of aliphatic hydroxyl groups is 1. The summed E-state index contributed by atoms with van der Waals surface area (Å²) in [6.45, 7) is 38.5. The summed E-state index contributed by atoms with van der Waals surface area (Å²) in [6.07, 6.45) is 19.9. The molecular formula is C106H162Br8N8O15Si2. The molecule has 0 saturated carbocycles. The molecule has 139 heavy (non-hydrogen) atoms. The van der Waals surface area contributed by atoms with E-state index in [0.29, 0.717) is 50.2 Å². The number of carboxylic acid groups (broad SMARTS) is 1. The molecule has 10 heterocycles. The number of esters is 4. The van der Waals surface area contributed by atoms with Crippen LogP contribution in [0.5, 0.6) is 0 Å². The highest BCUT2D eigenvalue weighted by Crippen LogP contribution is 2.40. The van der Waals surface area contributed by atoms with Crippen molar-refractivity contribution in [2.45, 2.75) is 288 Å². The number of nitrogens with zero attached hydrogens (tertiary/aromatic N) is 8. The molecule has 10 rings (SSSR count). The summed E-state index contributed by atoms with van der Waals surface area (Å²) in [6, 6.07) is 46.3. The van der Waals surface area contributed by atoms with Crippen molar-refractivity contribution < 1.29 is 71.5 Å². The monoisotopic (exact) mass is 2470 g/mol. The molecule has 2 N–H and O–H groups in total. The third-order valence-electron chi connectivity index (χ3n) is 21.7. The zero-order valence-electron chi connectivity index (χ0n) is 77.9. The van der Waals surface area contributed by atoms with Crippen molar-refractivity contribution in [1.29, 1.82) is 0 Å². The van der Waals surface area contributed by atoms with E-state index in [2.05, 4.69) is 275 Å². The molecule has 8 aromatic heterocycles. The predicted octanol–water partition coefficient (Wildman–Crippen LogP) is 31.4. The zero-order valence-corrected chi connectivity index (χ0v) is 92.6. The fourth-order valence-electron chi connectivity index (χ4n) is 12.0. The van der Waals surface area contributed by atoms with E-state index in [9.17, 15) is 29.1 Å². The van der Waals surface area contributed by atoms with E-state index in [1.807, 2.05) is 153 Å². The summed E-state index contributed by atoms with van der Waals surface area (Å²) in [5.74, 6) is -0.959.